The summed E-state index contributed by atoms with van der Waals surface area (Å²) in [5, 5.41) is 15.2. The fourth-order valence-corrected chi connectivity index (χ4v) is 3.28. The van der Waals surface area contributed by atoms with Crippen molar-refractivity contribution < 1.29 is 9.90 Å². The van der Waals surface area contributed by atoms with Crippen molar-refractivity contribution in [3.05, 3.63) is 33.7 Å². The molecule has 0 saturated carbocycles. The molecule has 1 atom stereocenters. The summed E-state index contributed by atoms with van der Waals surface area (Å²) in [4.78, 5) is 17.5. The number of ketones is 1. The van der Waals surface area contributed by atoms with Crippen molar-refractivity contribution in [3.8, 4) is 0 Å². The summed E-state index contributed by atoms with van der Waals surface area (Å²) in [6.07, 6.45) is 0.989. The Balaban J connectivity index is 1.89. The summed E-state index contributed by atoms with van der Waals surface area (Å²) in [5.41, 5.74) is 0.403. The summed E-state index contributed by atoms with van der Waals surface area (Å²) in [5.74, 6) is 0.855. The minimum absolute atomic E-state index is 0.00898. The molecule has 0 spiro atoms. The topological polar surface area (TPSA) is 61.7 Å². The molecule has 1 aliphatic heterocycles. The molecule has 1 aromatic heterocycles. The molecular weight excluding hydrogens is 248 g/mol. The Morgan fingerprint density at radius 1 is 1.44 bits per heavy atom. The van der Waals surface area contributed by atoms with Gasteiger partial charge in [-0.2, -0.15) is 0 Å². The minimum atomic E-state index is -0.00898. The largest absolute Gasteiger partial charge is 0.511 e. The average molecular weight is 262 g/mol. The molecule has 2 aliphatic rings. The highest BCUT2D eigenvalue weighted by atomic mass is 32.1. The zero-order valence-electron chi connectivity index (χ0n) is 9.85. The lowest BCUT2D eigenvalue weighted by Crippen LogP contribution is -2.30. The minimum Gasteiger partial charge on any atom is -0.511 e. The second kappa shape index (κ2) is 4.57. The molecule has 0 aromatic carbocycles. The molecule has 0 bridgehead atoms. The normalized spacial score (nSPS) is 24.1. The van der Waals surface area contributed by atoms with Crippen molar-refractivity contribution >= 4 is 23.0 Å². The van der Waals surface area contributed by atoms with Crippen molar-refractivity contribution in [2.45, 2.75) is 18.8 Å². The summed E-state index contributed by atoms with van der Waals surface area (Å²) >= 11 is 1.64. The Labute approximate surface area is 109 Å². The number of aliphatic hydroxyl groups is 1. The van der Waals surface area contributed by atoms with Gasteiger partial charge in [0.25, 0.3) is 0 Å². The van der Waals surface area contributed by atoms with E-state index in [0.717, 1.165) is 11.4 Å². The highest BCUT2D eigenvalue weighted by molar-refractivity contribution is 7.10. The number of nitrogens with zero attached hydrogens (tertiary/aromatic N) is 1. The summed E-state index contributed by atoms with van der Waals surface area (Å²) < 4.78 is 0. The van der Waals surface area contributed by atoms with Gasteiger partial charge in [-0.1, -0.05) is 6.07 Å². The van der Waals surface area contributed by atoms with Crippen LogP contribution in [0.1, 0.15) is 23.6 Å². The highest BCUT2D eigenvalue weighted by Gasteiger charge is 2.32. The van der Waals surface area contributed by atoms with Crippen molar-refractivity contribution in [3.63, 3.8) is 0 Å². The van der Waals surface area contributed by atoms with Crippen molar-refractivity contribution in [2.24, 2.45) is 4.99 Å². The van der Waals surface area contributed by atoms with Crippen LogP contribution in [0.5, 0.6) is 0 Å². The van der Waals surface area contributed by atoms with Crippen LogP contribution in [0.4, 0.5) is 0 Å². The van der Waals surface area contributed by atoms with Gasteiger partial charge in [-0.15, -0.1) is 11.3 Å². The van der Waals surface area contributed by atoms with E-state index >= 15 is 0 Å². The maximum atomic E-state index is 12.2. The number of aliphatic imine (C=N–C) groups is 1. The van der Waals surface area contributed by atoms with E-state index in [4.69, 9.17) is 0 Å². The SMILES string of the molecule is O=C1CC(c2cccs2)CC(O)=C1C1=NCCN1. The van der Waals surface area contributed by atoms with Crippen molar-refractivity contribution in [2.75, 3.05) is 13.1 Å². The zero-order valence-corrected chi connectivity index (χ0v) is 10.7. The number of Topliss-reactive ketones (excluding diaryl/α,β-unsaturated/α-hetero) is 1. The van der Waals surface area contributed by atoms with E-state index in [9.17, 15) is 9.90 Å². The summed E-state index contributed by atoms with van der Waals surface area (Å²) in [6, 6.07) is 4.00. The van der Waals surface area contributed by atoms with E-state index in [0.29, 0.717) is 30.8 Å². The molecule has 18 heavy (non-hydrogen) atoms. The number of amidine groups is 1. The number of rotatable bonds is 2. The second-order valence-corrected chi connectivity index (χ2v) is 5.50. The van der Waals surface area contributed by atoms with Crippen LogP contribution in [-0.4, -0.2) is 29.8 Å². The lowest BCUT2D eigenvalue weighted by Gasteiger charge is -2.22. The van der Waals surface area contributed by atoms with Crippen LogP contribution in [0.15, 0.2) is 33.8 Å². The molecular formula is C13H14N2O2S. The highest BCUT2D eigenvalue weighted by Crippen LogP contribution is 2.35. The first-order valence-electron chi connectivity index (χ1n) is 6.03. The Morgan fingerprint density at radius 2 is 2.33 bits per heavy atom. The van der Waals surface area contributed by atoms with Gasteiger partial charge in [0.2, 0.25) is 0 Å². The van der Waals surface area contributed by atoms with Crippen molar-refractivity contribution in [1.82, 2.24) is 5.32 Å². The number of hydrogen-bond donors (Lipinski definition) is 2. The number of aliphatic hydroxyl groups excluding tert-OH is 1. The molecule has 4 nitrogen and oxygen atoms in total. The summed E-state index contributed by atoms with van der Waals surface area (Å²) in [7, 11) is 0. The molecule has 94 valence electrons. The number of hydrogen-bond acceptors (Lipinski definition) is 5. The zero-order chi connectivity index (χ0) is 12.5. The number of allylic oxidation sites excluding steroid dienone is 1. The number of carbonyl (C=O) groups is 1. The summed E-state index contributed by atoms with van der Waals surface area (Å²) in [6.45, 7) is 1.42. The number of thiophene rings is 1. The molecule has 0 saturated heterocycles. The van der Waals surface area contributed by atoms with E-state index in [1.54, 1.807) is 11.3 Å². The third-order valence-corrected chi connectivity index (χ3v) is 4.33. The van der Waals surface area contributed by atoms with Gasteiger partial charge < -0.3 is 10.4 Å². The van der Waals surface area contributed by atoms with Gasteiger partial charge in [-0.3, -0.25) is 9.79 Å². The first-order valence-corrected chi connectivity index (χ1v) is 6.91. The van der Waals surface area contributed by atoms with Crippen LogP contribution in [0.3, 0.4) is 0 Å². The first-order chi connectivity index (χ1) is 8.75. The molecule has 1 unspecified atom stereocenters. The maximum absolute atomic E-state index is 12.2. The maximum Gasteiger partial charge on any atom is 0.170 e. The van der Waals surface area contributed by atoms with Crippen LogP contribution in [0, 0.1) is 0 Å². The van der Waals surface area contributed by atoms with Gasteiger partial charge in [0.15, 0.2) is 5.78 Å². The van der Waals surface area contributed by atoms with Crippen LogP contribution in [0.25, 0.3) is 0 Å². The van der Waals surface area contributed by atoms with E-state index in [1.165, 1.54) is 0 Å². The third kappa shape index (κ3) is 1.95. The smallest absolute Gasteiger partial charge is 0.170 e. The molecule has 2 N–H and O–H groups in total. The third-order valence-electron chi connectivity index (χ3n) is 3.30. The molecule has 0 fully saturated rings. The van der Waals surface area contributed by atoms with Gasteiger partial charge in [-0.05, 0) is 11.4 Å². The predicted octanol–water partition coefficient (Wildman–Crippen LogP) is 2.01. The Hall–Kier alpha value is -1.62. The van der Waals surface area contributed by atoms with Crippen molar-refractivity contribution in [1.29, 1.82) is 0 Å². The Bertz CT molecular complexity index is 531. The molecule has 3 rings (SSSR count). The van der Waals surface area contributed by atoms with Gasteiger partial charge in [-0.25, -0.2) is 0 Å². The Morgan fingerprint density at radius 3 is 2.94 bits per heavy atom. The van der Waals surface area contributed by atoms with Crippen LogP contribution in [-0.2, 0) is 4.79 Å². The van der Waals surface area contributed by atoms with Gasteiger partial charge in [0, 0.05) is 30.2 Å². The van der Waals surface area contributed by atoms with E-state index < -0.39 is 0 Å². The van der Waals surface area contributed by atoms with Gasteiger partial charge >= 0.3 is 0 Å². The van der Waals surface area contributed by atoms with Gasteiger partial charge in [0.1, 0.15) is 11.6 Å². The van der Waals surface area contributed by atoms with Gasteiger partial charge in [0.05, 0.1) is 12.1 Å². The molecule has 0 amide bonds. The van der Waals surface area contributed by atoms with Crippen LogP contribution < -0.4 is 5.32 Å². The van der Waals surface area contributed by atoms with E-state index in [2.05, 4.69) is 10.3 Å². The lowest BCUT2D eigenvalue weighted by molar-refractivity contribution is -0.116. The molecule has 2 heterocycles. The lowest BCUT2D eigenvalue weighted by atomic mass is 9.85. The second-order valence-electron chi connectivity index (χ2n) is 4.52. The fourth-order valence-electron chi connectivity index (χ4n) is 2.45. The van der Waals surface area contributed by atoms with Crippen LogP contribution >= 0.6 is 11.3 Å². The molecule has 1 aliphatic carbocycles. The Kier molecular flexibility index (Phi) is 2.91. The van der Waals surface area contributed by atoms with Crippen LogP contribution in [0.2, 0.25) is 0 Å². The number of nitrogens with one attached hydrogen (secondary N) is 1. The monoisotopic (exact) mass is 262 g/mol. The first kappa shape index (κ1) is 11.5. The fraction of sp³-hybridized carbons (Fsp3) is 0.385. The molecule has 1 aromatic rings. The quantitative estimate of drug-likeness (QED) is 0.857. The van der Waals surface area contributed by atoms with E-state index in [1.807, 2.05) is 17.5 Å². The predicted molar refractivity (Wildman–Crippen MR) is 71.3 cm³/mol. The van der Waals surface area contributed by atoms with E-state index in [-0.39, 0.29) is 17.5 Å². The standard InChI is InChI=1S/C13H14N2O2S/c16-9-6-8(11-2-1-5-18-11)7-10(17)12(9)13-14-3-4-15-13/h1-2,5,8,16H,3-4,6-7H2,(H,14,15). The number of carbonyl (C=O) groups excluding carboxylic acids is 1. The average Bonchev–Trinajstić information content (AvgIpc) is 3.01. The molecule has 0 radical (unpaired) electrons. The molecule has 5 heteroatoms.